The highest BCUT2D eigenvalue weighted by molar-refractivity contribution is 6.10. The molecule has 4 heterocycles. The molecule has 2 N–H and O–H groups in total. The number of ether oxygens (including phenoxy) is 2. The number of rotatable bonds is 20. The van der Waals surface area contributed by atoms with Crippen molar-refractivity contribution < 1.29 is 28.7 Å². The van der Waals surface area contributed by atoms with Crippen LogP contribution in [0.25, 0.3) is 0 Å². The van der Waals surface area contributed by atoms with Crippen LogP contribution >= 0.6 is 0 Å². The number of hydrogen-bond acceptors (Lipinski definition) is 10. The summed E-state index contributed by atoms with van der Waals surface area (Å²) in [7, 11) is 0. The summed E-state index contributed by atoms with van der Waals surface area (Å²) in [6.07, 6.45) is 3.62. The van der Waals surface area contributed by atoms with Crippen molar-refractivity contribution in [3.8, 4) is 23.0 Å². The number of hydrogen-bond donors (Lipinski definition) is 2. The van der Waals surface area contributed by atoms with Gasteiger partial charge in [-0.1, -0.05) is 75.2 Å². The summed E-state index contributed by atoms with van der Waals surface area (Å²) in [5, 5.41) is 5.86. The maximum atomic E-state index is 14.5. The molecule has 0 atom stereocenters. The summed E-state index contributed by atoms with van der Waals surface area (Å²) in [5.74, 6) is 2.47. The Morgan fingerprint density at radius 3 is 0.939 bits per heavy atom. The van der Waals surface area contributed by atoms with Crippen LogP contribution < -0.4 is 39.7 Å². The number of amides is 4. The van der Waals surface area contributed by atoms with Gasteiger partial charge in [-0.15, -0.1) is 0 Å². The third-order valence-electron chi connectivity index (χ3n) is 17.1. The van der Waals surface area contributed by atoms with Crippen LogP contribution in [0.1, 0.15) is 163 Å². The Kier molecular flexibility index (Phi) is 17.6. The fourth-order valence-corrected chi connectivity index (χ4v) is 13.2. The molecule has 0 aliphatic carbocycles. The largest absolute Gasteiger partial charge is 0.456 e. The summed E-state index contributed by atoms with van der Waals surface area (Å²) < 4.78 is 13.5. The van der Waals surface area contributed by atoms with E-state index in [4.69, 9.17) is 9.47 Å². The van der Waals surface area contributed by atoms with Gasteiger partial charge in [0.15, 0.2) is 0 Å². The number of fused-ring (bicyclic) bond motifs is 12. The fraction of sp³-hybridized carbons (Fsp3) is 0.412. The molecule has 0 fully saturated rings. The van der Waals surface area contributed by atoms with Gasteiger partial charge in [0, 0.05) is 160 Å². The molecule has 14 nitrogen and oxygen atoms in total. The first-order valence-corrected chi connectivity index (χ1v) is 30.1. The predicted molar refractivity (Wildman–Crippen MR) is 333 cm³/mol. The molecule has 0 unspecified atom stereocenters. The number of carbonyl (C=O) groups is 4. The van der Waals surface area contributed by atoms with Crippen molar-refractivity contribution in [2.45, 2.75) is 120 Å². The third kappa shape index (κ3) is 9.85. The molecule has 14 heteroatoms. The highest BCUT2D eigenvalue weighted by Crippen LogP contribution is 2.61. The number of benzene rings is 6. The SMILES string of the molecule is CCCCN1C(=O)c2c(NC(C)=O)cccc2C12c1ccc(N(CC)CC)cc1Oc1cc(N(CC)CC)ccc12.CCCCN1C(=O)c2c(NC(C)=O)cccc2C12c1ccc(N(CC)CC)cc1Oc1cc(N(CC)CC)ccc12. The van der Waals surface area contributed by atoms with Gasteiger partial charge in [0.1, 0.15) is 34.1 Å². The Labute approximate surface area is 486 Å². The quantitative estimate of drug-likeness (QED) is 0.0762. The Balaban J connectivity index is 0.000000198. The van der Waals surface area contributed by atoms with E-state index < -0.39 is 11.1 Å². The molecule has 6 aromatic carbocycles. The van der Waals surface area contributed by atoms with Crippen LogP contribution in [0.4, 0.5) is 34.1 Å². The van der Waals surface area contributed by atoms with Crippen LogP contribution in [0.5, 0.6) is 23.0 Å². The van der Waals surface area contributed by atoms with E-state index >= 15 is 0 Å². The summed E-state index contributed by atoms with van der Waals surface area (Å²) in [5.41, 5.74) is 10.3. The molecule has 6 aromatic rings. The standard InChI is InChI=1S/2C34H42N4O3/c2*1-7-12-20-38-33(40)32-28(14-13-15-29(32)35-23(6)39)34(38)26-18-16-24(36(8-2)9-3)21-30(26)41-31-22-25(17-19-27(31)34)37(10-4)11-5/h2*13-19,21-22H,7-12,20H2,1-6H3,(H,35,39). The maximum absolute atomic E-state index is 14.5. The summed E-state index contributed by atoms with van der Waals surface area (Å²) in [6.45, 7) is 32.7. The summed E-state index contributed by atoms with van der Waals surface area (Å²) in [6, 6.07) is 37.2. The van der Waals surface area contributed by atoms with Crippen LogP contribution in [0, 0.1) is 0 Å². The van der Waals surface area contributed by atoms with Gasteiger partial charge in [-0.05, 0) is 105 Å². The molecule has 0 aromatic heterocycles. The highest BCUT2D eigenvalue weighted by Gasteiger charge is 2.58. The zero-order valence-corrected chi connectivity index (χ0v) is 50.4. The zero-order chi connectivity index (χ0) is 58.6. The third-order valence-corrected chi connectivity index (χ3v) is 17.1. The molecular formula is C68H84N8O6. The lowest BCUT2D eigenvalue weighted by Gasteiger charge is -2.45. The Morgan fingerprint density at radius 1 is 0.415 bits per heavy atom. The first-order chi connectivity index (χ1) is 39.7. The topological polar surface area (TPSA) is 130 Å². The van der Waals surface area contributed by atoms with Gasteiger partial charge in [-0.2, -0.15) is 0 Å². The molecule has 82 heavy (non-hydrogen) atoms. The minimum Gasteiger partial charge on any atom is -0.456 e. The lowest BCUT2D eigenvalue weighted by atomic mass is 9.74. The smallest absolute Gasteiger partial charge is 0.257 e. The van der Waals surface area contributed by atoms with Crippen molar-refractivity contribution >= 4 is 57.8 Å². The molecule has 0 saturated carbocycles. The number of anilines is 6. The molecule has 2 spiro atoms. The van der Waals surface area contributed by atoms with Gasteiger partial charge in [-0.3, -0.25) is 19.2 Å². The summed E-state index contributed by atoms with van der Waals surface area (Å²) in [4.78, 5) is 66.5. The van der Waals surface area contributed by atoms with E-state index in [-0.39, 0.29) is 23.6 Å². The second-order valence-corrected chi connectivity index (χ2v) is 21.5. The van der Waals surface area contributed by atoms with Crippen LogP contribution in [0.15, 0.2) is 109 Å². The van der Waals surface area contributed by atoms with Gasteiger partial charge in [0.05, 0.1) is 22.5 Å². The Morgan fingerprint density at radius 2 is 0.695 bits per heavy atom. The molecular weight excluding hydrogens is 1020 g/mol. The second-order valence-electron chi connectivity index (χ2n) is 21.5. The summed E-state index contributed by atoms with van der Waals surface area (Å²) >= 11 is 0. The average Bonchev–Trinajstić information content (AvgIpc) is 1.59. The number of carbonyl (C=O) groups excluding carboxylic acids is 4. The minimum absolute atomic E-state index is 0.0720. The van der Waals surface area contributed by atoms with Crippen molar-refractivity contribution in [2.24, 2.45) is 0 Å². The van der Waals surface area contributed by atoms with E-state index in [0.717, 1.165) is 157 Å². The van der Waals surface area contributed by atoms with Crippen molar-refractivity contribution in [3.63, 3.8) is 0 Å². The van der Waals surface area contributed by atoms with Crippen molar-refractivity contribution in [1.29, 1.82) is 0 Å². The van der Waals surface area contributed by atoms with Crippen LogP contribution in [0.2, 0.25) is 0 Å². The van der Waals surface area contributed by atoms with Gasteiger partial charge in [0.2, 0.25) is 11.8 Å². The average molecular weight is 1110 g/mol. The first kappa shape index (κ1) is 58.6. The first-order valence-electron chi connectivity index (χ1n) is 30.1. The van der Waals surface area contributed by atoms with Crippen molar-refractivity contribution in [1.82, 2.24) is 9.80 Å². The lowest BCUT2D eigenvalue weighted by molar-refractivity contribution is -0.115. The lowest BCUT2D eigenvalue weighted by Crippen LogP contribution is -2.47. The van der Waals surface area contributed by atoms with Crippen molar-refractivity contribution in [3.05, 3.63) is 154 Å². The monoisotopic (exact) mass is 1110 g/mol. The van der Waals surface area contributed by atoms with E-state index in [1.165, 1.54) is 13.8 Å². The number of unbranched alkanes of at least 4 members (excludes halogenated alkanes) is 2. The molecule has 0 radical (unpaired) electrons. The molecule has 4 aliphatic rings. The van der Waals surface area contributed by atoms with Gasteiger partial charge < -0.3 is 49.5 Å². The van der Waals surface area contributed by atoms with Crippen LogP contribution in [0.3, 0.4) is 0 Å². The number of nitrogens with zero attached hydrogens (tertiary/aromatic N) is 6. The fourth-order valence-electron chi connectivity index (χ4n) is 13.2. The highest BCUT2D eigenvalue weighted by atomic mass is 16.5. The molecule has 10 rings (SSSR count). The Hall–Kier alpha value is -8.00. The normalized spacial score (nSPS) is 14.3. The zero-order valence-electron chi connectivity index (χ0n) is 50.4. The van der Waals surface area contributed by atoms with Crippen molar-refractivity contribution in [2.75, 3.05) is 95.7 Å². The predicted octanol–water partition coefficient (Wildman–Crippen LogP) is 14.0. The van der Waals surface area contributed by atoms with E-state index in [9.17, 15) is 19.2 Å². The van der Waals surface area contributed by atoms with Gasteiger partial charge in [-0.25, -0.2) is 0 Å². The van der Waals surface area contributed by atoms with E-state index in [0.29, 0.717) is 35.6 Å². The minimum atomic E-state index is -0.886. The van der Waals surface area contributed by atoms with Crippen LogP contribution in [-0.4, -0.2) is 98.9 Å². The van der Waals surface area contributed by atoms with Gasteiger partial charge in [0.25, 0.3) is 11.8 Å². The second kappa shape index (κ2) is 24.6. The maximum Gasteiger partial charge on any atom is 0.257 e. The van der Waals surface area contributed by atoms with Gasteiger partial charge >= 0.3 is 0 Å². The molecule has 432 valence electrons. The number of nitrogens with one attached hydrogen (secondary N) is 2. The van der Waals surface area contributed by atoms with E-state index in [2.05, 4.69) is 172 Å². The molecule has 4 aliphatic heterocycles. The van der Waals surface area contributed by atoms with E-state index in [1.807, 2.05) is 46.2 Å². The van der Waals surface area contributed by atoms with Crippen LogP contribution in [-0.2, 0) is 20.7 Å². The Bertz CT molecular complexity index is 3010. The van der Waals surface area contributed by atoms with E-state index in [1.54, 1.807) is 0 Å². The molecule has 0 saturated heterocycles. The molecule has 4 amide bonds. The molecule has 0 bridgehead atoms.